The molecule has 1 heterocycles. The van der Waals surface area contributed by atoms with Crippen LogP contribution in [0.5, 0.6) is 0 Å². The Bertz CT molecular complexity index is 504. The van der Waals surface area contributed by atoms with Gasteiger partial charge in [-0.05, 0) is 33.6 Å². The van der Waals surface area contributed by atoms with Crippen LogP contribution in [0.4, 0.5) is 4.79 Å². The zero-order valence-electron chi connectivity index (χ0n) is 12.3. The lowest BCUT2D eigenvalue weighted by atomic mass is 10.2. The number of carbonyl (C=O) groups is 1. The SMILES string of the molecule is CC(C)(C)OC(=O)N(C1CCCC1)n1ccc(=O)cc1. The Balaban J connectivity index is 2.26. The van der Waals surface area contributed by atoms with E-state index in [2.05, 4.69) is 0 Å². The fourth-order valence-electron chi connectivity index (χ4n) is 2.44. The molecule has 0 atom stereocenters. The number of nitrogens with zero attached hydrogens (tertiary/aromatic N) is 2. The molecule has 1 amide bonds. The monoisotopic (exact) mass is 278 g/mol. The highest BCUT2D eigenvalue weighted by Gasteiger charge is 2.31. The van der Waals surface area contributed by atoms with Gasteiger partial charge in [0.2, 0.25) is 0 Å². The van der Waals surface area contributed by atoms with E-state index in [1.54, 1.807) is 22.1 Å². The Morgan fingerprint density at radius 3 is 2.30 bits per heavy atom. The van der Waals surface area contributed by atoms with Gasteiger partial charge < -0.3 is 4.74 Å². The molecule has 1 aliphatic rings. The largest absolute Gasteiger partial charge is 0.442 e. The maximum absolute atomic E-state index is 12.4. The van der Waals surface area contributed by atoms with E-state index in [9.17, 15) is 9.59 Å². The van der Waals surface area contributed by atoms with E-state index in [0.717, 1.165) is 25.7 Å². The third-order valence-corrected chi connectivity index (χ3v) is 3.28. The quantitative estimate of drug-likeness (QED) is 0.835. The average Bonchev–Trinajstić information content (AvgIpc) is 2.83. The molecule has 1 saturated carbocycles. The minimum Gasteiger partial charge on any atom is -0.442 e. The van der Waals surface area contributed by atoms with E-state index in [4.69, 9.17) is 4.74 Å². The molecule has 5 heteroatoms. The Morgan fingerprint density at radius 1 is 1.25 bits per heavy atom. The van der Waals surface area contributed by atoms with Gasteiger partial charge in [0, 0.05) is 24.5 Å². The third-order valence-electron chi connectivity index (χ3n) is 3.28. The van der Waals surface area contributed by atoms with Gasteiger partial charge >= 0.3 is 6.09 Å². The van der Waals surface area contributed by atoms with E-state index in [1.165, 1.54) is 12.1 Å². The summed E-state index contributed by atoms with van der Waals surface area (Å²) in [5.74, 6) is 0. The van der Waals surface area contributed by atoms with Crippen molar-refractivity contribution >= 4 is 6.09 Å². The van der Waals surface area contributed by atoms with E-state index < -0.39 is 5.60 Å². The molecule has 0 saturated heterocycles. The Morgan fingerprint density at radius 2 is 1.80 bits per heavy atom. The van der Waals surface area contributed by atoms with Crippen molar-refractivity contribution in [3.63, 3.8) is 0 Å². The van der Waals surface area contributed by atoms with Crippen molar-refractivity contribution in [3.8, 4) is 0 Å². The number of hydrogen-bond acceptors (Lipinski definition) is 3. The highest BCUT2D eigenvalue weighted by molar-refractivity contribution is 5.79. The summed E-state index contributed by atoms with van der Waals surface area (Å²) in [5.41, 5.74) is -0.607. The van der Waals surface area contributed by atoms with Crippen LogP contribution in [0.3, 0.4) is 0 Å². The maximum atomic E-state index is 12.4. The topological polar surface area (TPSA) is 51.5 Å². The summed E-state index contributed by atoms with van der Waals surface area (Å²) in [7, 11) is 0. The van der Waals surface area contributed by atoms with Crippen LogP contribution in [-0.2, 0) is 4.74 Å². The molecule has 0 radical (unpaired) electrons. The van der Waals surface area contributed by atoms with E-state index >= 15 is 0 Å². The van der Waals surface area contributed by atoms with Crippen molar-refractivity contribution in [1.82, 2.24) is 4.68 Å². The van der Waals surface area contributed by atoms with Gasteiger partial charge in [0.15, 0.2) is 5.43 Å². The number of aromatic nitrogens is 1. The first-order valence-electron chi connectivity index (χ1n) is 7.08. The molecule has 110 valence electrons. The van der Waals surface area contributed by atoms with Crippen molar-refractivity contribution in [3.05, 3.63) is 34.7 Å². The average molecular weight is 278 g/mol. The minimum absolute atomic E-state index is 0.0724. The Hall–Kier alpha value is -1.78. The normalized spacial score (nSPS) is 16.1. The van der Waals surface area contributed by atoms with Crippen LogP contribution in [0, 0.1) is 0 Å². The van der Waals surface area contributed by atoms with Crippen molar-refractivity contribution in [1.29, 1.82) is 0 Å². The zero-order valence-corrected chi connectivity index (χ0v) is 12.3. The molecule has 0 spiro atoms. The number of pyridine rings is 1. The zero-order chi connectivity index (χ0) is 14.8. The lowest BCUT2D eigenvalue weighted by molar-refractivity contribution is 0.0517. The Kier molecular flexibility index (Phi) is 4.16. The van der Waals surface area contributed by atoms with Gasteiger partial charge in [-0.25, -0.2) is 9.80 Å². The molecule has 20 heavy (non-hydrogen) atoms. The second-order valence-electron chi connectivity index (χ2n) is 6.18. The highest BCUT2D eigenvalue weighted by Crippen LogP contribution is 2.24. The molecular formula is C15H22N2O3. The molecule has 1 aromatic rings. The fraction of sp³-hybridized carbons (Fsp3) is 0.600. The number of carbonyl (C=O) groups excluding carboxylic acids is 1. The predicted octanol–water partition coefficient (Wildman–Crippen LogP) is 2.66. The lowest BCUT2D eigenvalue weighted by Gasteiger charge is -2.32. The van der Waals surface area contributed by atoms with Gasteiger partial charge in [-0.2, -0.15) is 0 Å². The molecule has 0 bridgehead atoms. The summed E-state index contributed by atoms with van der Waals surface area (Å²) in [6.45, 7) is 5.55. The first-order valence-corrected chi connectivity index (χ1v) is 7.08. The second-order valence-corrected chi connectivity index (χ2v) is 6.18. The number of hydrogen-bond donors (Lipinski definition) is 0. The van der Waals surface area contributed by atoms with Gasteiger partial charge in [-0.1, -0.05) is 12.8 Å². The molecule has 5 nitrogen and oxygen atoms in total. The van der Waals surface area contributed by atoms with E-state index in [0.29, 0.717) is 0 Å². The van der Waals surface area contributed by atoms with E-state index in [-0.39, 0.29) is 17.6 Å². The molecule has 1 aliphatic carbocycles. The van der Waals surface area contributed by atoms with Gasteiger partial charge in [-0.15, -0.1) is 0 Å². The molecule has 1 aromatic heterocycles. The van der Waals surface area contributed by atoms with Crippen LogP contribution in [0.1, 0.15) is 46.5 Å². The standard InChI is InChI=1S/C15H22N2O3/c1-15(2,3)20-14(19)17(12-6-4-5-7-12)16-10-8-13(18)9-11-16/h8-12H,4-7H2,1-3H3. The highest BCUT2D eigenvalue weighted by atomic mass is 16.6. The smallest absolute Gasteiger partial charge is 0.429 e. The maximum Gasteiger partial charge on any atom is 0.429 e. The van der Waals surface area contributed by atoms with Gasteiger partial charge in [0.25, 0.3) is 0 Å². The predicted molar refractivity (Wildman–Crippen MR) is 77.4 cm³/mol. The summed E-state index contributed by atoms with van der Waals surface area (Å²) < 4.78 is 7.14. The fourth-order valence-corrected chi connectivity index (χ4v) is 2.44. The minimum atomic E-state index is -0.535. The first-order chi connectivity index (χ1) is 9.37. The molecular weight excluding hydrogens is 256 g/mol. The lowest BCUT2D eigenvalue weighted by Crippen LogP contribution is -2.49. The molecule has 0 unspecified atom stereocenters. The van der Waals surface area contributed by atoms with Crippen molar-refractivity contribution < 1.29 is 9.53 Å². The summed E-state index contributed by atoms with van der Waals surface area (Å²) in [6.07, 6.45) is 7.02. The number of rotatable bonds is 2. The summed E-state index contributed by atoms with van der Waals surface area (Å²) in [6, 6.07) is 3.03. The molecule has 0 aromatic carbocycles. The van der Waals surface area contributed by atoms with Gasteiger partial charge in [0.05, 0.1) is 6.04 Å². The van der Waals surface area contributed by atoms with Crippen molar-refractivity contribution in [2.75, 3.05) is 5.01 Å². The number of amides is 1. The van der Waals surface area contributed by atoms with Crippen molar-refractivity contribution in [2.45, 2.75) is 58.1 Å². The summed E-state index contributed by atoms with van der Waals surface area (Å²) in [4.78, 5) is 23.7. The van der Waals surface area contributed by atoms with Gasteiger partial charge in [0.1, 0.15) is 5.60 Å². The molecule has 1 fully saturated rings. The van der Waals surface area contributed by atoms with Crippen LogP contribution in [0.15, 0.2) is 29.3 Å². The van der Waals surface area contributed by atoms with Crippen LogP contribution in [0.2, 0.25) is 0 Å². The van der Waals surface area contributed by atoms with Crippen LogP contribution >= 0.6 is 0 Å². The van der Waals surface area contributed by atoms with E-state index in [1.807, 2.05) is 20.8 Å². The number of ether oxygens (including phenoxy) is 1. The molecule has 0 N–H and O–H groups in total. The van der Waals surface area contributed by atoms with Gasteiger partial charge in [-0.3, -0.25) is 9.47 Å². The molecule has 2 rings (SSSR count). The Labute approximate surface area is 119 Å². The van der Waals surface area contributed by atoms with Crippen LogP contribution < -0.4 is 10.4 Å². The summed E-state index contributed by atoms with van der Waals surface area (Å²) in [5, 5.41) is 1.62. The van der Waals surface area contributed by atoms with Crippen LogP contribution in [0.25, 0.3) is 0 Å². The van der Waals surface area contributed by atoms with Crippen LogP contribution in [-0.4, -0.2) is 22.4 Å². The second kappa shape index (κ2) is 5.69. The van der Waals surface area contributed by atoms with Crippen molar-refractivity contribution in [2.24, 2.45) is 0 Å². The third kappa shape index (κ3) is 3.62. The molecule has 0 aliphatic heterocycles. The summed E-state index contributed by atoms with van der Waals surface area (Å²) >= 11 is 0. The first kappa shape index (κ1) is 14.6.